The van der Waals surface area contributed by atoms with Gasteiger partial charge in [0, 0.05) is 31.2 Å². The predicted octanol–water partition coefficient (Wildman–Crippen LogP) is 2.86. The van der Waals surface area contributed by atoms with Gasteiger partial charge < -0.3 is 10.1 Å². The van der Waals surface area contributed by atoms with Crippen LogP contribution >= 0.6 is 0 Å². The lowest BCUT2D eigenvalue weighted by atomic mass is 10.1. The van der Waals surface area contributed by atoms with E-state index in [1.54, 1.807) is 23.1 Å². The monoisotopic (exact) mass is 367 g/mol. The summed E-state index contributed by atoms with van der Waals surface area (Å²) in [5.74, 6) is 0.642. The molecule has 3 rings (SSSR count). The number of rotatable bonds is 8. The number of carbonyl (C=O) groups excluding carboxylic acids is 1. The van der Waals surface area contributed by atoms with Gasteiger partial charge in [-0.15, -0.1) is 0 Å². The normalized spacial score (nSPS) is 10.8. The first-order valence-electron chi connectivity index (χ1n) is 9.03. The first kappa shape index (κ1) is 18.7. The smallest absolute Gasteiger partial charge is 0.271 e. The number of hydrogen-bond acceptors (Lipinski definition) is 4. The fraction of sp³-hybridized carbons (Fsp3) is 0.350. The lowest BCUT2D eigenvalue weighted by Gasteiger charge is -2.09. The second-order valence-electron chi connectivity index (χ2n) is 6.59. The van der Waals surface area contributed by atoms with Gasteiger partial charge in [-0.1, -0.05) is 12.1 Å². The molecule has 0 aliphatic carbocycles. The molecule has 0 fully saturated rings. The molecule has 0 aliphatic heterocycles. The minimum atomic E-state index is -0.183. The Balaban J connectivity index is 1.46. The minimum Gasteiger partial charge on any atom is -0.471 e. The molecular formula is C20H25N5O2. The molecule has 1 aromatic carbocycles. The summed E-state index contributed by atoms with van der Waals surface area (Å²) in [6, 6.07) is 9.72. The minimum absolute atomic E-state index is 0.183. The first-order chi connectivity index (χ1) is 13.0. The van der Waals surface area contributed by atoms with Gasteiger partial charge in [-0.25, -0.2) is 4.68 Å². The Morgan fingerprint density at radius 2 is 2.04 bits per heavy atom. The predicted molar refractivity (Wildman–Crippen MR) is 103 cm³/mol. The standard InChI is InChI=1S/C20H25N5O2/c1-15-5-6-16(2)19(13-15)27-14-24-12-8-18(23-24)20(26)21-9-4-11-25-17(3)7-10-22-25/h5-8,10,12-13H,4,9,11,14H2,1-3H3,(H,21,26). The molecule has 142 valence electrons. The number of aryl methyl sites for hydroxylation is 4. The van der Waals surface area contributed by atoms with E-state index in [1.807, 2.05) is 49.7 Å². The summed E-state index contributed by atoms with van der Waals surface area (Å²) in [5, 5.41) is 11.4. The van der Waals surface area contributed by atoms with E-state index in [4.69, 9.17) is 4.74 Å². The third kappa shape index (κ3) is 4.97. The maximum atomic E-state index is 12.2. The zero-order valence-corrected chi connectivity index (χ0v) is 16.0. The van der Waals surface area contributed by atoms with Crippen LogP contribution in [0.15, 0.2) is 42.7 Å². The van der Waals surface area contributed by atoms with Crippen molar-refractivity contribution in [2.45, 2.75) is 40.5 Å². The summed E-state index contributed by atoms with van der Waals surface area (Å²) < 4.78 is 9.34. The van der Waals surface area contributed by atoms with Crippen molar-refractivity contribution in [3.63, 3.8) is 0 Å². The zero-order chi connectivity index (χ0) is 19.2. The summed E-state index contributed by atoms with van der Waals surface area (Å²) in [5.41, 5.74) is 3.71. The number of carbonyl (C=O) groups is 1. The van der Waals surface area contributed by atoms with Crippen LogP contribution in [0.5, 0.6) is 5.75 Å². The van der Waals surface area contributed by atoms with Crippen molar-refractivity contribution < 1.29 is 9.53 Å². The largest absolute Gasteiger partial charge is 0.471 e. The summed E-state index contributed by atoms with van der Waals surface area (Å²) in [4.78, 5) is 12.2. The highest BCUT2D eigenvalue weighted by Gasteiger charge is 2.09. The van der Waals surface area contributed by atoms with Crippen molar-refractivity contribution in [2.24, 2.45) is 0 Å². The number of amides is 1. The van der Waals surface area contributed by atoms with E-state index in [0.717, 1.165) is 35.5 Å². The quantitative estimate of drug-likeness (QED) is 0.621. The number of nitrogens with one attached hydrogen (secondary N) is 1. The van der Waals surface area contributed by atoms with E-state index < -0.39 is 0 Å². The van der Waals surface area contributed by atoms with Gasteiger partial charge in [-0.05, 0) is 56.5 Å². The zero-order valence-electron chi connectivity index (χ0n) is 16.0. The SMILES string of the molecule is Cc1ccc(C)c(OCn2ccc(C(=O)NCCCn3nccc3C)n2)c1. The molecule has 3 aromatic rings. The van der Waals surface area contributed by atoms with E-state index in [9.17, 15) is 4.79 Å². The average Bonchev–Trinajstić information content (AvgIpc) is 3.28. The molecule has 0 bridgehead atoms. The topological polar surface area (TPSA) is 74.0 Å². The Morgan fingerprint density at radius 1 is 1.19 bits per heavy atom. The van der Waals surface area contributed by atoms with Crippen LogP contribution in [0.25, 0.3) is 0 Å². The highest BCUT2D eigenvalue weighted by Crippen LogP contribution is 2.19. The molecule has 27 heavy (non-hydrogen) atoms. The number of benzene rings is 1. The number of hydrogen-bond donors (Lipinski definition) is 1. The van der Waals surface area contributed by atoms with Crippen LogP contribution in [0.4, 0.5) is 0 Å². The number of ether oxygens (including phenoxy) is 1. The Bertz CT molecular complexity index is 913. The first-order valence-corrected chi connectivity index (χ1v) is 9.03. The molecule has 2 heterocycles. The van der Waals surface area contributed by atoms with Gasteiger partial charge in [0.05, 0.1) is 0 Å². The lowest BCUT2D eigenvalue weighted by molar-refractivity contribution is 0.0945. The molecule has 1 N–H and O–H groups in total. The van der Waals surface area contributed by atoms with Crippen LogP contribution in [0.3, 0.4) is 0 Å². The molecule has 1 amide bonds. The van der Waals surface area contributed by atoms with E-state index >= 15 is 0 Å². The van der Waals surface area contributed by atoms with E-state index in [0.29, 0.717) is 12.2 Å². The van der Waals surface area contributed by atoms with Gasteiger partial charge in [0.25, 0.3) is 5.91 Å². The molecule has 2 aromatic heterocycles. The highest BCUT2D eigenvalue weighted by atomic mass is 16.5. The van der Waals surface area contributed by atoms with Gasteiger partial charge in [-0.3, -0.25) is 9.48 Å². The van der Waals surface area contributed by atoms with Gasteiger partial charge in [0.2, 0.25) is 0 Å². The summed E-state index contributed by atoms with van der Waals surface area (Å²) in [6.07, 6.45) is 4.33. The van der Waals surface area contributed by atoms with Crippen molar-refractivity contribution in [2.75, 3.05) is 6.54 Å². The van der Waals surface area contributed by atoms with E-state index in [2.05, 4.69) is 15.5 Å². The van der Waals surface area contributed by atoms with Crippen LogP contribution in [0.2, 0.25) is 0 Å². The fourth-order valence-corrected chi connectivity index (χ4v) is 2.71. The number of nitrogens with zero attached hydrogens (tertiary/aromatic N) is 4. The Hall–Kier alpha value is -3.09. The van der Waals surface area contributed by atoms with Crippen LogP contribution < -0.4 is 10.1 Å². The van der Waals surface area contributed by atoms with Crippen LogP contribution in [0.1, 0.15) is 33.7 Å². The molecule has 0 saturated carbocycles. The Morgan fingerprint density at radius 3 is 2.81 bits per heavy atom. The summed E-state index contributed by atoms with van der Waals surface area (Å²) >= 11 is 0. The van der Waals surface area contributed by atoms with Crippen molar-refractivity contribution in [1.29, 1.82) is 0 Å². The van der Waals surface area contributed by atoms with Crippen molar-refractivity contribution in [3.8, 4) is 5.75 Å². The van der Waals surface area contributed by atoms with Crippen molar-refractivity contribution in [3.05, 3.63) is 65.2 Å². The average molecular weight is 367 g/mol. The summed E-state index contributed by atoms with van der Waals surface area (Å²) in [7, 11) is 0. The van der Waals surface area contributed by atoms with Crippen LogP contribution in [0, 0.1) is 20.8 Å². The molecule has 0 unspecified atom stereocenters. The van der Waals surface area contributed by atoms with Gasteiger partial charge >= 0.3 is 0 Å². The van der Waals surface area contributed by atoms with Crippen LogP contribution in [-0.2, 0) is 13.3 Å². The van der Waals surface area contributed by atoms with Gasteiger partial charge in [-0.2, -0.15) is 10.2 Å². The maximum absolute atomic E-state index is 12.2. The van der Waals surface area contributed by atoms with Crippen molar-refractivity contribution in [1.82, 2.24) is 24.9 Å². The van der Waals surface area contributed by atoms with Crippen LogP contribution in [-0.4, -0.2) is 32.0 Å². The molecule has 0 saturated heterocycles. The fourth-order valence-electron chi connectivity index (χ4n) is 2.71. The third-order valence-corrected chi connectivity index (χ3v) is 4.33. The number of aromatic nitrogens is 4. The highest BCUT2D eigenvalue weighted by molar-refractivity contribution is 5.92. The molecule has 0 atom stereocenters. The summed E-state index contributed by atoms with van der Waals surface area (Å²) in [6.45, 7) is 7.65. The maximum Gasteiger partial charge on any atom is 0.271 e. The second kappa shape index (κ2) is 8.53. The molecular weight excluding hydrogens is 342 g/mol. The molecule has 0 spiro atoms. The van der Waals surface area contributed by atoms with Crippen molar-refractivity contribution >= 4 is 5.91 Å². The second-order valence-corrected chi connectivity index (χ2v) is 6.59. The third-order valence-electron chi connectivity index (χ3n) is 4.33. The molecule has 0 aliphatic rings. The van der Waals surface area contributed by atoms with Gasteiger partial charge in [0.15, 0.2) is 6.73 Å². The van der Waals surface area contributed by atoms with E-state index in [1.165, 1.54) is 0 Å². The molecule has 0 radical (unpaired) electrons. The Kier molecular flexibility index (Phi) is 5.90. The molecule has 7 heteroatoms. The van der Waals surface area contributed by atoms with E-state index in [-0.39, 0.29) is 12.6 Å². The molecule has 7 nitrogen and oxygen atoms in total. The van der Waals surface area contributed by atoms with Gasteiger partial charge in [0.1, 0.15) is 11.4 Å². The Labute approximate surface area is 159 Å². The lowest BCUT2D eigenvalue weighted by Crippen LogP contribution is -2.26.